The number of ketones is 1. The molecule has 2 N–H and O–H groups in total. The van der Waals surface area contributed by atoms with Crippen LogP contribution in [-0.4, -0.2) is 18.4 Å². The molecule has 6 heteroatoms. The second kappa shape index (κ2) is 6.28. The molecule has 1 heterocycles. The van der Waals surface area contributed by atoms with Gasteiger partial charge in [0.1, 0.15) is 0 Å². The van der Waals surface area contributed by atoms with Crippen LogP contribution in [0.3, 0.4) is 0 Å². The highest BCUT2D eigenvalue weighted by atomic mass is 35.5. The summed E-state index contributed by atoms with van der Waals surface area (Å²) in [5, 5.41) is 0.368. The Labute approximate surface area is 131 Å². The summed E-state index contributed by atoms with van der Waals surface area (Å²) in [4.78, 5) is 25.9. The van der Waals surface area contributed by atoms with Crippen LogP contribution in [0, 0.1) is 13.8 Å². The summed E-state index contributed by atoms with van der Waals surface area (Å²) < 4.78 is 5.02. The molecule has 0 amide bonds. The predicted octanol–water partition coefficient (Wildman–Crippen LogP) is 3.64. The highest BCUT2D eigenvalue weighted by Gasteiger charge is 2.15. The summed E-state index contributed by atoms with van der Waals surface area (Å²) in [6.07, 6.45) is 0. The zero-order valence-corrected chi connectivity index (χ0v) is 13.2. The minimum absolute atomic E-state index is 0.216. The first-order valence-electron chi connectivity index (χ1n) is 6.21. The van der Waals surface area contributed by atoms with E-state index in [0.717, 1.165) is 9.75 Å². The van der Waals surface area contributed by atoms with Crippen LogP contribution in [0.2, 0.25) is 5.02 Å². The Kier molecular flexibility index (Phi) is 4.65. The molecule has 0 bridgehead atoms. The number of carbonyl (C=O) groups excluding carboxylic acids is 2. The van der Waals surface area contributed by atoms with E-state index < -0.39 is 5.97 Å². The van der Waals surface area contributed by atoms with Gasteiger partial charge in [0.15, 0.2) is 6.61 Å². The zero-order valence-electron chi connectivity index (χ0n) is 11.6. The average molecular weight is 324 g/mol. The largest absolute Gasteiger partial charge is 0.454 e. The Morgan fingerprint density at radius 1 is 1.29 bits per heavy atom. The molecule has 0 atom stereocenters. The van der Waals surface area contributed by atoms with E-state index >= 15 is 0 Å². The van der Waals surface area contributed by atoms with Gasteiger partial charge < -0.3 is 10.5 Å². The first-order chi connectivity index (χ1) is 9.88. The Morgan fingerprint density at radius 2 is 2.00 bits per heavy atom. The molecule has 0 aliphatic carbocycles. The molecule has 0 radical (unpaired) electrons. The smallest absolute Gasteiger partial charge is 0.338 e. The maximum absolute atomic E-state index is 12.0. The lowest BCUT2D eigenvalue weighted by molar-refractivity contribution is 0.0475. The summed E-state index contributed by atoms with van der Waals surface area (Å²) in [5.74, 6) is -0.816. The monoisotopic (exact) mass is 323 g/mol. The van der Waals surface area contributed by atoms with Gasteiger partial charge >= 0.3 is 5.97 Å². The van der Waals surface area contributed by atoms with Crippen LogP contribution in [0.4, 0.5) is 5.69 Å². The molecule has 21 heavy (non-hydrogen) atoms. The van der Waals surface area contributed by atoms with Gasteiger partial charge in [-0.05, 0) is 38.1 Å². The van der Waals surface area contributed by atoms with Crippen molar-refractivity contribution in [3.63, 3.8) is 0 Å². The van der Waals surface area contributed by atoms with Crippen molar-refractivity contribution in [3.05, 3.63) is 50.2 Å². The minimum atomic E-state index is -0.601. The van der Waals surface area contributed by atoms with Crippen LogP contribution in [0.25, 0.3) is 0 Å². The number of rotatable bonds is 4. The van der Waals surface area contributed by atoms with E-state index in [9.17, 15) is 9.59 Å². The molecular weight excluding hydrogens is 310 g/mol. The number of anilines is 1. The Balaban J connectivity index is 2.02. The van der Waals surface area contributed by atoms with Crippen LogP contribution in [0.5, 0.6) is 0 Å². The second-order valence-corrected chi connectivity index (χ2v) is 6.43. The molecule has 0 aliphatic heterocycles. The molecule has 0 unspecified atom stereocenters. The van der Waals surface area contributed by atoms with Crippen molar-refractivity contribution >= 4 is 40.4 Å². The van der Waals surface area contributed by atoms with E-state index in [1.807, 2.05) is 13.8 Å². The second-order valence-electron chi connectivity index (χ2n) is 4.56. The van der Waals surface area contributed by atoms with Crippen molar-refractivity contribution in [1.29, 1.82) is 0 Å². The first kappa shape index (κ1) is 15.5. The molecular formula is C15H14ClNO3S. The lowest BCUT2D eigenvalue weighted by atomic mass is 10.1. The van der Waals surface area contributed by atoms with Gasteiger partial charge in [-0.1, -0.05) is 11.6 Å². The number of nitrogen functional groups attached to an aromatic ring is 1. The minimum Gasteiger partial charge on any atom is -0.454 e. The molecule has 2 aromatic rings. The van der Waals surface area contributed by atoms with Crippen LogP contribution in [0.15, 0.2) is 24.3 Å². The summed E-state index contributed by atoms with van der Waals surface area (Å²) >= 11 is 7.32. The molecule has 0 saturated heterocycles. The van der Waals surface area contributed by atoms with Gasteiger partial charge in [-0.3, -0.25) is 4.79 Å². The van der Waals surface area contributed by atoms with E-state index in [-0.39, 0.29) is 18.0 Å². The summed E-state index contributed by atoms with van der Waals surface area (Å²) in [6.45, 7) is 3.50. The van der Waals surface area contributed by atoms with Crippen molar-refractivity contribution < 1.29 is 14.3 Å². The van der Waals surface area contributed by atoms with Crippen molar-refractivity contribution in [1.82, 2.24) is 0 Å². The standard InChI is InChI=1S/C15H14ClNO3S/c1-8-5-11(9(2)21-8)14(18)7-20-15(19)10-3-4-12(16)13(17)6-10/h3-6H,7,17H2,1-2H3. The predicted molar refractivity (Wildman–Crippen MR) is 84.3 cm³/mol. The fourth-order valence-electron chi connectivity index (χ4n) is 1.87. The van der Waals surface area contributed by atoms with Gasteiger partial charge in [0.25, 0.3) is 0 Å². The number of ether oxygens (including phenoxy) is 1. The quantitative estimate of drug-likeness (QED) is 0.530. The van der Waals surface area contributed by atoms with E-state index in [1.165, 1.54) is 29.5 Å². The normalized spacial score (nSPS) is 10.4. The molecule has 0 saturated carbocycles. The van der Waals surface area contributed by atoms with E-state index in [0.29, 0.717) is 16.3 Å². The van der Waals surface area contributed by atoms with Crippen LogP contribution >= 0.6 is 22.9 Å². The molecule has 0 fully saturated rings. The van der Waals surface area contributed by atoms with Gasteiger partial charge in [0.05, 0.1) is 16.3 Å². The third kappa shape index (κ3) is 3.62. The number of halogens is 1. The number of aryl methyl sites for hydroxylation is 2. The molecule has 4 nitrogen and oxygen atoms in total. The molecule has 1 aromatic carbocycles. The number of benzene rings is 1. The van der Waals surface area contributed by atoms with Gasteiger partial charge in [0.2, 0.25) is 5.78 Å². The lowest BCUT2D eigenvalue weighted by Gasteiger charge is -2.05. The Morgan fingerprint density at radius 3 is 2.57 bits per heavy atom. The van der Waals surface area contributed by atoms with E-state index in [4.69, 9.17) is 22.1 Å². The molecule has 110 valence electrons. The van der Waals surface area contributed by atoms with Crippen molar-refractivity contribution in [2.45, 2.75) is 13.8 Å². The lowest BCUT2D eigenvalue weighted by Crippen LogP contribution is -2.14. The maximum Gasteiger partial charge on any atom is 0.338 e. The first-order valence-corrected chi connectivity index (χ1v) is 7.40. The number of hydrogen-bond acceptors (Lipinski definition) is 5. The van der Waals surface area contributed by atoms with E-state index in [2.05, 4.69) is 0 Å². The van der Waals surface area contributed by atoms with Gasteiger partial charge in [-0.25, -0.2) is 4.79 Å². The highest BCUT2D eigenvalue weighted by Crippen LogP contribution is 2.22. The molecule has 1 aromatic heterocycles. The van der Waals surface area contributed by atoms with Gasteiger partial charge in [0, 0.05) is 15.3 Å². The number of carbonyl (C=O) groups is 2. The number of hydrogen-bond donors (Lipinski definition) is 1. The number of nitrogens with two attached hydrogens (primary N) is 1. The topological polar surface area (TPSA) is 69.4 Å². The van der Waals surface area contributed by atoms with Crippen LogP contribution < -0.4 is 5.73 Å². The summed E-state index contributed by atoms with van der Waals surface area (Å²) in [7, 11) is 0. The van der Waals surface area contributed by atoms with E-state index in [1.54, 1.807) is 6.07 Å². The Hall–Kier alpha value is -1.85. The third-order valence-corrected chi connectivity index (χ3v) is 4.22. The summed E-state index contributed by atoms with van der Waals surface area (Å²) in [5.41, 5.74) is 6.78. The maximum atomic E-state index is 12.0. The molecule has 0 aliphatic rings. The average Bonchev–Trinajstić information content (AvgIpc) is 2.77. The fourth-order valence-corrected chi connectivity index (χ4v) is 2.93. The van der Waals surface area contributed by atoms with Crippen LogP contribution in [0.1, 0.15) is 30.5 Å². The number of esters is 1. The highest BCUT2D eigenvalue weighted by molar-refractivity contribution is 7.12. The molecule has 2 rings (SSSR count). The number of Topliss-reactive ketones (excluding diaryl/α,β-unsaturated/α-hetero) is 1. The van der Waals surface area contributed by atoms with Crippen molar-refractivity contribution in [2.75, 3.05) is 12.3 Å². The summed E-state index contributed by atoms with van der Waals surface area (Å²) in [6, 6.07) is 6.25. The third-order valence-electron chi connectivity index (χ3n) is 2.91. The number of thiophene rings is 1. The fraction of sp³-hybridized carbons (Fsp3) is 0.200. The molecule has 0 spiro atoms. The van der Waals surface area contributed by atoms with Crippen molar-refractivity contribution in [3.8, 4) is 0 Å². The van der Waals surface area contributed by atoms with Gasteiger partial charge in [-0.15, -0.1) is 11.3 Å². The zero-order chi connectivity index (χ0) is 15.6. The van der Waals surface area contributed by atoms with Crippen molar-refractivity contribution in [2.24, 2.45) is 0 Å². The Bertz CT molecular complexity index is 709. The van der Waals surface area contributed by atoms with Gasteiger partial charge in [-0.2, -0.15) is 0 Å². The SMILES string of the molecule is Cc1cc(C(=O)COC(=O)c2ccc(Cl)c(N)c2)c(C)s1. The van der Waals surface area contributed by atoms with Crippen LogP contribution in [-0.2, 0) is 4.74 Å².